The summed E-state index contributed by atoms with van der Waals surface area (Å²) in [7, 11) is 0. The van der Waals surface area contributed by atoms with Gasteiger partial charge in [-0.25, -0.2) is 4.79 Å². The molecule has 0 aliphatic rings. The molecule has 0 fully saturated rings. The second-order valence-corrected chi connectivity index (χ2v) is 2.28. The van der Waals surface area contributed by atoms with Gasteiger partial charge in [-0.3, -0.25) is 0 Å². The van der Waals surface area contributed by atoms with Crippen LogP contribution in [-0.2, 0) is 4.79 Å². The van der Waals surface area contributed by atoms with Crippen molar-refractivity contribution in [2.45, 2.75) is 32.0 Å². The molecular formula is C6H12O4. The van der Waals surface area contributed by atoms with Gasteiger partial charge >= 0.3 is 5.97 Å². The highest BCUT2D eigenvalue weighted by atomic mass is 16.4. The zero-order valence-electron chi connectivity index (χ0n) is 5.82. The minimum absolute atomic E-state index is 0.104. The Morgan fingerprint density at radius 3 is 2.20 bits per heavy atom. The molecule has 0 radical (unpaired) electrons. The smallest absolute Gasteiger partial charge is 0.332 e. The van der Waals surface area contributed by atoms with Crippen LogP contribution in [0.3, 0.4) is 0 Å². The van der Waals surface area contributed by atoms with Gasteiger partial charge in [-0.05, 0) is 19.8 Å². The first-order chi connectivity index (χ1) is 4.54. The molecule has 2 unspecified atom stereocenters. The van der Waals surface area contributed by atoms with E-state index in [0.29, 0.717) is 6.42 Å². The molecule has 10 heavy (non-hydrogen) atoms. The largest absolute Gasteiger partial charge is 0.479 e. The molecule has 0 saturated carbocycles. The second-order valence-electron chi connectivity index (χ2n) is 2.28. The molecule has 0 aromatic rings. The summed E-state index contributed by atoms with van der Waals surface area (Å²) in [6.45, 7) is 1.55. The van der Waals surface area contributed by atoms with Gasteiger partial charge in [-0.15, -0.1) is 0 Å². The van der Waals surface area contributed by atoms with E-state index in [2.05, 4.69) is 0 Å². The Morgan fingerprint density at radius 2 is 1.90 bits per heavy atom. The van der Waals surface area contributed by atoms with E-state index in [4.69, 9.17) is 15.3 Å². The van der Waals surface area contributed by atoms with Crippen LogP contribution in [0.4, 0.5) is 0 Å². The van der Waals surface area contributed by atoms with E-state index in [1.165, 1.54) is 0 Å². The van der Waals surface area contributed by atoms with Crippen molar-refractivity contribution in [1.29, 1.82) is 0 Å². The van der Waals surface area contributed by atoms with Crippen LogP contribution in [0, 0.1) is 0 Å². The summed E-state index contributed by atoms with van der Waals surface area (Å²) >= 11 is 0. The third-order valence-electron chi connectivity index (χ3n) is 1.14. The molecule has 0 aromatic heterocycles. The lowest BCUT2D eigenvalue weighted by Gasteiger charge is -2.05. The van der Waals surface area contributed by atoms with Gasteiger partial charge in [0.2, 0.25) is 0 Å². The molecule has 3 N–H and O–H groups in total. The predicted molar refractivity (Wildman–Crippen MR) is 34.6 cm³/mol. The van der Waals surface area contributed by atoms with Gasteiger partial charge < -0.3 is 15.3 Å². The lowest BCUT2D eigenvalue weighted by molar-refractivity contribution is -0.147. The van der Waals surface area contributed by atoms with Crippen LogP contribution in [0.25, 0.3) is 0 Å². The third kappa shape index (κ3) is 4.29. The summed E-state index contributed by atoms with van der Waals surface area (Å²) in [5, 5.41) is 25.5. The second kappa shape index (κ2) is 4.24. The Hall–Kier alpha value is -0.610. The zero-order valence-corrected chi connectivity index (χ0v) is 5.82. The van der Waals surface area contributed by atoms with Crippen LogP contribution in [0.15, 0.2) is 0 Å². The monoisotopic (exact) mass is 148 g/mol. The molecule has 4 heteroatoms. The van der Waals surface area contributed by atoms with Crippen LogP contribution in [-0.4, -0.2) is 33.5 Å². The van der Waals surface area contributed by atoms with Crippen molar-refractivity contribution in [3.05, 3.63) is 0 Å². The maximum absolute atomic E-state index is 9.98. The van der Waals surface area contributed by atoms with Crippen LogP contribution in [0.5, 0.6) is 0 Å². The van der Waals surface area contributed by atoms with Crippen molar-refractivity contribution in [2.24, 2.45) is 0 Å². The number of carboxylic acids is 1. The van der Waals surface area contributed by atoms with Gasteiger partial charge in [-0.1, -0.05) is 0 Å². The molecule has 0 aliphatic heterocycles. The van der Waals surface area contributed by atoms with E-state index in [9.17, 15) is 4.79 Å². The normalized spacial score (nSPS) is 16.3. The minimum atomic E-state index is -1.34. The molecule has 0 aliphatic carbocycles. The molecule has 0 saturated heterocycles. The van der Waals surface area contributed by atoms with E-state index in [-0.39, 0.29) is 6.42 Å². The number of aliphatic hydroxyl groups excluding tert-OH is 2. The summed E-state index contributed by atoms with van der Waals surface area (Å²) in [6, 6.07) is 0. The molecule has 60 valence electrons. The van der Waals surface area contributed by atoms with E-state index in [0.717, 1.165) is 0 Å². The number of hydrogen-bond acceptors (Lipinski definition) is 3. The highest BCUT2D eigenvalue weighted by Crippen LogP contribution is 2.00. The lowest BCUT2D eigenvalue weighted by atomic mass is 10.1. The lowest BCUT2D eigenvalue weighted by Crippen LogP contribution is -2.20. The first kappa shape index (κ1) is 9.39. The highest BCUT2D eigenvalue weighted by molar-refractivity contribution is 5.71. The molecule has 0 spiro atoms. The summed E-state index contributed by atoms with van der Waals surface area (Å²) in [4.78, 5) is 9.98. The predicted octanol–water partition coefficient (Wildman–Crippen LogP) is -0.407. The Labute approximate surface area is 59.1 Å². The van der Waals surface area contributed by atoms with E-state index in [1.54, 1.807) is 6.92 Å². The summed E-state index contributed by atoms with van der Waals surface area (Å²) < 4.78 is 0. The molecule has 4 nitrogen and oxygen atoms in total. The standard InChI is InChI=1S/C6H12O4/c1-4(7)2-3-5(8)6(9)10/h4-5,7-8H,2-3H2,1H3,(H,9,10). The first-order valence-electron chi connectivity index (χ1n) is 3.13. The van der Waals surface area contributed by atoms with Crippen LogP contribution < -0.4 is 0 Å². The van der Waals surface area contributed by atoms with Crippen molar-refractivity contribution in [1.82, 2.24) is 0 Å². The molecule has 0 amide bonds. The van der Waals surface area contributed by atoms with E-state index in [1.807, 2.05) is 0 Å². The molecule has 0 bridgehead atoms. The Morgan fingerprint density at radius 1 is 1.40 bits per heavy atom. The van der Waals surface area contributed by atoms with E-state index >= 15 is 0 Å². The van der Waals surface area contributed by atoms with Crippen molar-refractivity contribution in [2.75, 3.05) is 0 Å². The van der Waals surface area contributed by atoms with Crippen molar-refractivity contribution in [3.8, 4) is 0 Å². The van der Waals surface area contributed by atoms with E-state index < -0.39 is 18.2 Å². The summed E-state index contributed by atoms with van der Waals surface area (Å²) in [5.74, 6) is -1.24. The van der Waals surface area contributed by atoms with Gasteiger partial charge in [0, 0.05) is 0 Å². The topological polar surface area (TPSA) is 77.8 Å². The van der Waals surface area contributed by atoms with Gasteiger partial charge in [-0.2, -0.15) is 0 Å². The number of carbonyl (C=O) groups is 1. The fraction of sp³-hybridized carbons (Fsp3) is 0.833. The highest BCUT2D eigenvalue weighted by Gasteiger charge is 2.12. The SMILES string of the molecule is CC(O)CCC(O)C(=O)O. The molecule has 0 heterocycles. The minimum Gasteiger partial charge on any atom is -0.479 e. The van der Waals surface area contributed by atoms with Crippen LogP contribution >= 0.6 is 0 Å². The maximum Gasteiger partial charge on any atom is 0.332 e. The van der Waals surface area contributed by atoms with Crippen LogP contribution in [0.2, 0.25) is 0 Å². The number of aliphatic hydroxyl groups is 2. The zero-order chi connectivity index (χ0) is 8.15. The number of carboxylic acid groups (broad SMARTS) is 1. The molecule has 0 rings (SSSR count). The van der Waals surface area contributed by atoms with Gasteiger partial charge in [0.15, 0.2) is 6.10 Å². The van der Waals surface area contributed by atoms with Gasteiger partial charge in [0.25, 0.3) is 0 Å². The van der Waals surface area contributed by atoms with Crippen molar-refractivity contribution >= 4 is 5.97 Å². The van der Waals surface area contributed by atoms with Crippen molar-refractivity contribution < 1.29 is 20.1 Å². The molecule has 2 atom stereocenters. The number of rotatable bonds is 4. The first-order valence-corrected chi connectivity index (χ1v) is 3.13. The molecular weight excluding hydrogens is 136 g/mol. The number of aliphatic carboxylic acids is 1. The Bertz CT molecular complexity index is 110. The Balaban J connectivity index is 3.40. The van der Waals surface area contributed by atoms with Gasteiger partial charge in [0.05, 0.1) is 6.10 Å². The third-order valence-corrected chi connectivity index (χ3v) is 1.14. The number of hydrogen-bond donors (Lipinski definition) is 3. The molecule has 0 aromatic carbocycles. The maximum atomic E-state index is 9.98. The summed E-state index contributed by atoms with van der Waals surface area (Å²) in [5.41, 5.74) is 0. The summed E-state index contributed by atoms with van der Waals surface area (Å²) in [6.07, 6.45) is -1.47. The van der Waals surface area contributed by atoms with Crippen molar-refractivity contribution in [3.63, 3.8) is 0 Å². The average molecular weight is 148 g/mol. The van der Waals surface area contributed by atoms with Crippen LogP contribution in [0.1, 0.15) is 19.8 Å². The quantitative estimate of drug-likeness (QED) is 0.506. The van der Waals surface area contributed by atoms with Gasteiger partial charge in [0.1, 0.15) is 0 Å². The Kier molecular flexibility index (Phi) is 3.99. The fourth-order valence-corrected chi connectivity index (χ4v) is 0.523. The average Bonchev–Trinajstić information content (AvgIpc) is 1.82. The fourth-order valence-electron chi connectivity index (χ4n) is 0.523.